The average Bonchev–Trinajstić information content (AvgIpc) is 2.83. The van der Waals surface area contributed by atoms with Crippen molar-refractivity contribution in [3.8, 4) is 0 Å². The number of rotatable bonds is 3. The minimum absolute atomic E-state index is 0.0307. The van der Waals surface area contributed by atoms with Gasteiger partial charge in [0, 0.05) is 16.7 Å². The maximum absolute atomic E-state index is 12.5. The van der Waals surface area contributed by atoms with E-state index in [0.29, 0.717) is 21.8 Å². The van der Waals surface area contributed by atoms with Crippen LogP contribution in [0.2, 0.25) is 5.02 Å². The van der Waals surface area contributed by atoms with Gasteiger partial charge >= 0.3 is 6.03 Å². The highest BCUT2D eigenvalue weighted by molar-refractivity contribution is 6.32. The van der Waals surface area contributed by atoms with Crippen LogP contribution in [0.25, 0.3) is 6.08 Å². The first kappa shape index (κ1) is 16.7. The summed E-state index contributed by atoms with van der Waals surface area (Å²) in [5, 5.41) is 13.9. The Bertz CT molecular complexity index is 939. The van der Waals surface area contributed by atoms with E-state index in [0.717, 1.165) is 4.90 Å². The van der Waals surface area contributed by atoms with Gasteiger partial charge < -0.3 is 5.32 Å². The minimum atomic E-state index is -0.611. The fraction of sp³-hybridized carbons (Fsp3) is 0.0588. The van der Waals surface area contributed by atoms with Crippen LogP contribution >= 0.6 is 11.6 Å². The van der Waals surface area contributed by atoms with Gasteiger partial charge in [0.05, 0.1) is 10.6 Å². The molecule has 1 saturated heterocycles. The Kier molecular flexibility index (Phi) is 4.24. The molecule has 1 aliphatic heterocycles. The number of nitro benzene ring substituents is 1. The molecule has 2 aromatic rings. The van der Waals surface area contributed by atoms with Gasteiger partial charge in [-0.2, -0.15) is 0 Å². The van der Waals surface area contributed by atoms with Crippen molar-refractivity contribution in [2.24, 2.45) is 0 Å². The maximum Gasteiger partial charge on any atom is 0.333 e. The summed E-state index contributed by atoms with van der Waals surface area (Å²) < 4.78 is 0. The van der Waals surface area contributed by atoms with E-state index in [4.69, 9.17) is 11.6 Å². The topological polar surface area (TPSA) is 92.6 Å². The van der Waals surface area contributed by atoms with E-state index in [1.165, 1.54) is 18.2 Å². The van der Waals surface area contributed by atoms with Gasteiger partial charge in [-0.15, -0.1) is 0 Å². The van der Waals surface area contributed by atoms with Gasteiger partial charge in [0.15, 0.2) is 0 Å². The average molecular weight is 358 g/mol. The fourth-order valence-corrected chi connectivity index (χ4v) is 2.65. The first-order valence-corrected chi connectivity index (χ1v) is 7.62. The van der Waals surface area contributed by atoms with Gasteiger partial charge in [-0.25, -0.2) is 9.69 Å². The molecule has 0 spiro atoms. The molecule has 1 heterocycles. The van der Waals surface area contributed by atoms with E-state index in [2.05, 4.69) is 5.32 Å². The molecule has 3 amide bonds. The predicted octanol–water partition coefficient (Wildman–Crippen LogP) is 3.65. The number of urea groups is 1. The Labute approximate surface area is 147 Å². The number of carbonyl (C=O) groups is 2. The van der Waals surface area contributed by atoms with Crippen molar-refractivity contribution in [1.29, 1.82) is 0 Å². The van der Waals surface area contributed by atoms with E-state index in [1.807, 2.05) is 0 Å². The molecular weight excluding hydrogens is 346 g/mol. The number of nitrogens with zero attached hydrogens (tertiary/aromatic N) is 2. The highest BCUT2D eigenvalue weighted by Gasteiger charge is 2.35. The molecule has 8 heteroatoms. The Morgan fingerprint density at radius 2 is 1.96 bits per heavy atom. The zero-order valence-electron chi connectivity index (χ0n) is 13.0. The zero-order chi connectivity index (χ0) is 18.1. The van der Waals surface area contributed by atoms with Crippen LogP contribution in [0.3, 0.4) is 0 Å². The number of anilines is 1. The smallest absolute Gasteiger partial charge is 0.302 e. The summed E-state index contributed by atoms with van der Waals surface area (Å²) in [6.07, 6.45) is 1.40. The van der Waals surface area contributed by atoms with Gasteiger partial charge in [-0.1, -0.05) is 29.8 Å². The lowest BCUT2D eigenvalue weighted by Gasteiger charge is -2.11. The molecule has 126 valence electrons. The van der Waals surface area contributed by atoms with Crippen LogP contribution in [0.15, 0.2) is 48.2 Å². The van der Waals surface area contributed by atoms with Crippen LogP contribution in [0, 0.1) is 17.0 Å². The lowest BCUT2D eigenvalue weighted by Crippen LogP contribution is -2.30. The molecule has 0 unspecified atom stereocenters. The van der Waals surface area contributed by atoms with Crippen LogP contribution in [0.4, 0.5) is 16.2 Å². The summed E-state index contributed by atoms with van der Waals surface area (Å²) in [4.78, 5) is 36.1. The second-order valence-corrected chi connectivity index (χ2v) is 5.85. The van der Waals surface area contributed by atoms with E-state index in [1.54, 1.807) is 37.3 Å². The second kappa shape index (κ2) is 6.37. The molecule has 3 rings (SSSR count). The molecule has 2 aromatic carbocycles. The summed E-state index contributed by atoms with van der Waals surface area (Å²) in [6.45, 7) is 1.62. The standard InChI is InChI=1S/C17H12ClN3O4/c1-10-5-6-11(8-15(10)21(24)25)7-14-16(22)20(17(23)19-14)13-4-2-3-12(18)9-13/h2-9H,1H3,(H,19,23)/b14-7+. The largest absolute Gasteiger partial charge is 0.333 e. The third-order valence-electron chi connectivity index (χ3n) is 3.69. The number of hydrogen-bond acceptors (Lipinski definition) is 4. The molecule has 0 aromatic heterocycles. The molecule has 1 fully saturated rings. The molecular formula is C17H12ClN3O4. The van der Waals surface area contributed by atoms with Crippen molar-refractivity contribution in [2.75, 3.05) is 4.90 Å². The van der Waals surface area contributed by atoms with Crippen molar-refractivity contribution >= 4 is 41.0 Å². The van der Waals surface area contributed by atoms with Crippen molar-refractivity contribution < 1.29 is 14.5 Å². The summed E-state index contributed by atoms with van der Waals surface area (Å²) in [5.74, 6) is -0.560. The number of hydrogen-bond donors (Lipinski definition) is 1. The van der Waals surface area contributed by atoms with Gasteiger partial charge in [-0.3, -0.25) is 14.9 Å². The van der Waals surface area contributed by atoms with Crippen LogP contribution in [0.1, 0.15) is 11.1 Å². The number of nitrogens with one attached hydrogen (secondary N) is 1. The van der Waals surface area contributed by atoms with Crippen LogP contribution in [0.5, 0.6) is 0 Å². The number of aryl methyl sites for hydroxylation is 1. The van der Waals surface area contributed by atoms with Crippen molar-refractivity contribution in [2.45, 2.75) is 6.92 Å². The summed E-state index contributed by atoms with van der Waals surface area (Å²) in [5.41, 5.74) is 1.26. The third kappa shape index (κ3) is 3.22. The summed E-state index contributed by atoms with van der Waals surface area (Å²) in [6, 6.07) is 10.3. The Balaban J connectivity index is 1.96. The number of imide groups is 1. The van der Waals surface area contributed by atoms with E-state index < -0.39 is 16.9 Å². The van der Waals surface area contributed by atoms with Crippen molar-refractivity contribution in [3.63, 3.8) is 0 Å². The minimum Gasteiger partial charge on any atom is -0.302 e. The van der Waals surface area contributed by atoms with Crippen LogP contribution in [-0.4, -0.2) is 16.9 Å². The molecule has 0 radical (unpaired) electrons. The number of carbonyl (C=O) groups excluding carboxylic acids is 2. The first-order chi connectivity index (χ1) is 11.9. The normalized spacial score (nSPS) is 15.6. The maximum atomic E-state index is 12.5. The molecule has 25 heavy (non-hydrogen) atoms. The number of amides is 3. The van der Waals surface area contributed by atoms with Gasteiger partial charge in [-0.05, 0) is 36.8 Å². The van der Waals surface area contributed by atoms with Crippen LogP contribution in [-0.2, 0) is 4.79 Å². The monoisotopic (exact) mass is 357 g/mol. The fourth-order valence-electron chi connectivity index (χ4n) is 2.46. The molecule has 1 N–H and O–H groups in total. The van der Waals surface area contributed by atoms with Crippen LogP contribution < -0.4 is 10.2 Å². The van der Waals surface area contributed by atoms with Crippen molar-refractivity contribution in [1.82, 2.24) is 5.32 Å². The highest BCUT2D eigenvalue weighted by atomic mass is 35.5. The molecule has 7 nitrogen and oxygen atoms in total. The first-order valence-electron chi connectivity index (χ1n) is 7.24. The molecule has 1 aliphatic rings. The van der Waals surface area contributed by atoms with E-state index in [9.17, 15) is 19.7 Å². The Morgan fingerprint density at radius 3 is 2.64 bits per heavy atom. The van der Waals surface area contributed by atoms with Gasteiger partial charge in [0.25, 0.3) is 11.6 Å². The quantitative estimate of drug-likeness (QED) is 0.392. The second-order valence-electron chi connectivity index (χ2n) is 5.41. The van der Waals surface area contributed by atoms with E-state index >= 15 is 0 Å². The van der Waals surface area contributed by atoms with Gasteiger partial charge in [0.2, 0.25) is 0 Å². The number of halogens is 1. The number of benzene rings is 2. The molecule has 0 saturated carbocycles. The highest BCUT2D eigenvalue weighted by Crippen LogP contribution is 2.26. The number of nitro groups is 1. The Morgan fingerprint density at radius 1 is 1.20 bits per heavy atom. The zero-order valence-corrected chi connectivity index (χ0v) is 13.8. The Hall–Kier alpha value is -3.19. The summed E-state index contributed by atoms with van der Waals surface area (Å²) >= 11 is 5.90. The summed E-state index contributed by atoms with van der Waals surface area (Å²) in [7, 11) is 0. The van der Waals surface area contributed by atoms with Crippen molar-refractivity contribution in [3.05, 3.63) is 74.4 Å². The molecule has 0 aliphatic carbocycles. The lowest BCUT2D eigenvalue weighted by atomic mass is 10.1. The predicted molar refractivity (Wildman–Crippen MR) is 93.3 cm³/mol. The molecule has 0 bridgehead atoms. The van der Waals surface area contributed by atoms with E-state index in [-0.39, 0.29) is 11.4 Å². The third-order valence-corrected chi connectivity index (χ3v) is 3.92. The SMILES string of the molecule is Cc1ccc(/C=C2/NC(=O)N(c3cccc(Cl)c3)C2=O)cc1[N+](=O)[O-]. The molecule has 0 atom stereocenters. The lowest BCUT2D eigenvalue weighted by molar-refractivity contribution is -0.385. The van der Waals surface area contributed by atoms with Gasteiger partial charge in [0.1, 0.15) is 5.70 Å².